The number of anilines is 1. The van der Waals surface area contributed by atoms with Crippen LogP contribution in [-0.4, -0.2) is 43.5 Å². The first-order valence-corrected chi connectivity index (χ1v) is 14.1. The summed E-state index contributed by atoms with van der Waals surface area (Å²) in [4.78, 5) is 5.17. The van der Waals surface area contributed by atoms with Gasteiger partial charge in [0, 0.05) is 55.6 Å². The van der Waals surface area contributed by atoms with Gasteiger partial charge in [-0.3, -0.25) is 4.90 Å². The Morgan fingerprint density at radius 3 is 2.11 bits per heavy atom. The number of rotatable bonds is 6. The van der Waals surface area contributed by atoms with Crippen molar-refractivity contribution >= 4 is 26.6 Å². The smallest absolute Gasteiger partial charge is 0.268 e. The van der Waals surface area contributed by atoms with Crippen molar-refractivity contribution in [3.05, 3.63) is 121 Å². The van der Waals surface area contributed by atoms with E-state index in [1.54, 1.807) is 18.3 Å². The Morgan fingerprint density at radius 1 is 0.676 bits per heavy atom. The zero-order valence-electron chi connectivity index (χ0n) is 20.6. The first-order chi connectivity index (χ1) is 18.1. The van der Waals surface area contributed by atoms with E-state index in [4.69, 9.17) is 0 Å². The zero-order chi connectivity index (χ0) is 25.2. The van der Waals surface area contributed by atoms with E-state index >= 15 is 0 Å². The molecule has 4 aromatic carbocycles. The number of hydrogen-bond donors (Lipinski definition) is 0. The molecule has 5 aromatic rings. The van der Waals surface area contributed by atoms with Crippen LogP contribution in [0.5, 0.6) is 0 Å². The molecule has 0 spiro atoms. The minimum atomic E-state index is -3.78. The van der Waals surface area contributed by atoms with Crippen molar-refractivity contribution in [3.8, 4) is 11.1 Å². The number of hydrogen-bond acceptors (Lipinski definition) is 4. The highest BCUT2D eigenvalue weighted by atomic mass is 32.2. The van der Waals surface area contributed by atoms with Crippen molar-refractivity contribution in [2.45, 2.75) is 11.4 Å². The Morgan fingerprint density at radius 2 is 1.35 bits per heavy atom. The molecule has 1 aliphatic heterocycles. The van der Waals surface area contributed by atoms with E-state index in [1.165, 1.54) is 9.54 Å². The molecule has 0 bridgehead atoms. The first kappa shape index (κ1) is 23.5. The second-order valence-electron chi connectivity index (χ2n) is 9.47. The van der Waals surface area contributed by atoms with Gasteiger partial charge in [-0.2, -0.15) is 0 Å². The van der Waals surface area contributed by atoms with Crippen LogP contribution in [0, 0.1) is 0 Å². The SMILES string of the molecule is O=S(=O)(c1ccccc1-c1ccccc1)n1ccc2cc(N3CCN(Cc4ccccc4)CC3)ccc21. The van der Waals surface area contributed by atoms with Gasteiger partial charge in [0.25, 0.3) is 10.0 Å². The minimum Gasteiger partial charge on any atom is -0.369 e. The molecule has 1 aliphatic rings. The second-order valence-corrected chi connectivity index (χ2v) is 11.3. The summed E-state index contributed by atoms with van der Waals surface area (Å²) in [6, 6.07) is 35.4. The summed E-state index contributed by atoms with van der Waals surface area (Å²) in [7, 11) is -3.78. The lowest BCUT2D eigenvalue weighted by Gasteiger charge is -2.36. The Kier molecular flexibility index (Phi) is 6.28. The summed E-state index contributed by atoms with van der Waals surface area (Å²) in [5.74, 6) is 0. The molecule has 2 heterocycles. The highest BCUT2D eigenvalue weighted by molar-refractivity contribution is 7.90. The van der Waals surface area contributed by atoms with Crippen molar-refractivity contribution in [2.75, 3.05) is 31.1 Å². The first-order valence-electron chi connectivity index (χ1n) is 12.6. The highest BCUT2D eigenvalue weighted by Crippen LogP contribution is 2.32. The van der Waals surface area contributed by atoms with Gasteiger partial charge >= 0.3 is 0 Å². The van der Waals surface area contributed by atoms with Crippen LogP contribution < -0.4 is 4.90 Å². The molecule has 0 aliphatic carbocycles. The van der Waals surface area contributed by atoms with Crippen molar-refractivity contribution in [1.82, 2.24) is 8.87 Å². The van der Waals surface area contributed by atoms with Gasteiger partial charge in [0.2, 0.25) is 0 Å². The molecule has 5 nitrogen and oxygen atoms in total. The summed E-state index contributed by atoms with van der Waals surface area (Å²) in [6.07, 6.45) is 1.67. The summed E-state index contributed by atoms with van der Waals surface area (Å²) in [6.45, 7) is 4.86. The second kappa shape index (κ2) is 9.88. The molecule has 0 saturated carbocycles. The van der Waals surface area contributed by atoms with Crippen LogP contribution in [-0.2, 0) is 16.6 Å². The lowest BCUT2D eigenvalue weighted by atomic mass is 10.1. The lowest BCUT2D eigenvalue weighted by molar-refractivity contribution is 0.250. The van der Waals surface area contributed by atoms with Crippen molar-refractivity contribution in [3.63, 3.8) is 0 Å². The van der Waals surface area contributed by atoms with Crippen LogP contribution >= 0.6 is 0 Å². The van der Waals surface area contributed by atoms with Crippen molar-refractivity contribution < 1.29 is 8.42 Å². The summed E-state index contributed by atoms with van der Waals surface area (Å²) < 4.78 is 29.1. The topological polar surface area (TPSA) is 45.6 Å². The third kappa shape index (κ3) is 4.66. The molecule has 0 atom stereocenters. The third-order valence-electron chi connectivity index (χ3n) is 7.13. The molecule has 37 heavy (non-hydrogen) atoms. The van der Waals surface area contributed by atoms with E-state index in [2.05, 4.69) is 46.2 Å². The average Bonchev–Trinajstić information content (AvgIpc) is 3.39. The van der Waals surface area contributed by atoms with Gasteiger partial charge in [-0.1, -0.05) is 78.9 Å². The number of aromatic nitrogens is 1. The number of benzene rings is 4. The van der Waals surface area contributed by atoms with Gasteiger partial charge in [0.15, 0.2) is 0 Å². The van der Waals surface area contributed by atoms with Gasteiger partial charge in [-0.05, 0) is 41.5 Å². The van der Waals surface area contributed by atoms with E-state index in [0.717, 1.165) is 49.4 Å². The Balaban J connectivity index is 1.24. The number of nitrogens with zero attached hydrogens (tertiary/aromatic N) is 3. The Labute approximate surface area is 218 Å². The molecule has 1 saturated heterocycles. The minimum absolute atomic E-state index is 0.303. The van der Waals surface area contributed by atoms with Gasteiger partial charge in [-0.15, -0.1) is 0 Å². The standard InChI is InChI=1S/C31H29N3O2S/c35-37(36,31-14-8-7-13-29(31)26-11-5-2-6-12-26)34-18-17-27-23-28(15-16-30(27)34)33-21-19-32(20-22-33)24-25-9-3-1-4-10-25/h1-18,23H,19-22,24H2. The van der Waals surface area contributed by atoms with Gasteiger partial charge in [-0.25, -0.2) is 12.4 Å². The molecule has 6 rings (SSSR count). The zero-order valence-corrected chi connectivity index (χ0v) is 21.4. The van der Waals surface area contributed by atoms with E-state index in [9.17, 15) is 8.42 Å². The Hall–Kier alpha value is -3.87. The Bertz CT molecular complexity index is 1620. The van der Waals surface area contributed by atoms with Gasteiger partial charge < -0.3 is 4.90 Å². The maximum atomic E-state index is 13.8. The van der Waals surface area contributed by atoms with Crippen LogP contribution in [0.25, 0.3) is 22.0 Å². The fourth-order valence-electron chi connectivity index (χ4n) is 5.17. The van der Waals surface area contributed by atoms with Crippen LogP contribution in [0.4, 0.5) is 5.69 Å². The maximum Gasteiger partial charge on any atom is 0.268 e. The van der Waals surface area contributed by atoms with Gasteiger partial charge in [0.1, 0.15) is 0 Å². The average molecular weight is 508 g/mol. The highest BCUT2D eigenvalue weighted by Gasteiger charge is 2.24. The molecule has 1 aromatic heterocycles. The van der Waals surface area contributed by atoms with E-state index in [1.807, 2.05) is 60.7 Å². The molecule has 0 N–H and O–H groups in total. The normalized spacial score (nSPS) is 14.8. The van der Waals surface area contributed by atoms with Crippen LogP contribution in [0.2, 0.25) is 0 Å². The molecule has 6 heteroatoms. The summed E-state index contributed by atoms with van der Waals surface area (Å²) >= 11 is 0. The largest absolute Gasteiger partial charge is 0.369 e. The summed E-state index contributed by atoms with van der Waals surface area (Å²) in [5, 5.41) is 0.921. The molecular formula is C31H29N3O2S. The van der Waals surface area contributed by atoms with Crippen LogP contribution in [0.1, 0.15) is 5.56 Å². The molecule has 0 radical (unpaired) electrons. The predicted octanol–water partition coefficient (Wildman–Crippen LogP) is 5.87. The quantitative estimate of drug-likeness (QED) is 0.289. The molecule has 0 amide bonds. The van der Waals surface area contributed by atoms with Crippen molar-refractivity contribution in [2.24, 2.45) is 0 Å². The van der Waals surface area contributed by atoms with E-state index in [0.29, 0.717) is 16.0 Å². The maximum absolute atomic E-state index is 13.8. The van der Waals surface area contributed by atoms with Gasteiger partial charge in [0.05, 0.1) is 10.4 Å². The van der Waals surface area contributed by atoms with Crippen LogP contribution in [0.15, 0.2) is 120 Å². The van der Waals surface area contributed by atoms with E-state index < -0.39 is 10.0 Å². The third-order valence-corrected chi connectivity index (χ3v) is 8.88. The van der Waals surface area contributed by atoms with Crippen molar-refractivity contribution in [1.29, 1.82) is 0 Å². The van der Waals surface area contributed by atoms with Crippen LogP contribution in [0.3, 0.4) is 0 Å². The monoisotopic (exact) mass is 507 g/mol. The lowest BCUT2D eigenvalue weighted by Crippen LogP contribution is -2.45. The molecule has 186 valence electrons. The molecular weight excluding hydrogens is 478 g/mol. The summed E-state index contributed by atoms with van der Waals surface area (Å²) in [5.41, 5.74) is 4.75. The molecule has 0 unspecified atom stereocenters. The molecule has 1 fully saturated rings. The van der Waals surface area contributed by atoms with E-state index in [-0.39, 0.29) is 0 Å². The number of piperazine rings is 1. The fraction of sp³-hybridized carbons (Fsp3) is 0.161. The fourth-order valence-corrected chi connectivity index (χ4v) is 6.74. The predicted molar refractivity (Wildman–Crippen MR) is 150 cm³/mol. The number of fused-ring (bicyclic) bond motifs is 1.